The number of nitrogens with zero attached hydrogens (tertiary/aromatic N) is 2. The van der Waals surface area contributed by atoms with Crippen LogP contribution < -0.4 is 10.6 Å². The first-order valence-corrected chi connectivity index (χ1v) is 10.7. The van der Waals surface area contributed by atoms with Crippen molar-refractivity contribution < 1.29 is 9.59 Å². The number of anilines is 2. The monoisotopic (exact) mass is 424 g/mol. The van der Waals surface area contributed by atoms with Gasteiger partial charge in [-0.1, -0.05) is 65.6 Å². The van der Waals surface area contributed by atoms with E-state index in [1.807, 2.05) is 62.4 Å². The van der Waals surface area contributed by atoms with Gasteiger partial charge in [0.05, 0.1) is 5.75 Å². The highest BCUT2D eigenvalue weighted by Crippen LogP contribution is 2.26. The molecular weight excluding hydrogens is 404 g/mol. The SMILES string of the molecule is Cc1cccc(NC(=O)CSc2nnc(NC(=O)/C=C/c3ccccc3)s2)c1C. The molecule has 0 unspecified atom stereocenters. The van der Waals surface area contributed by atoms with Crippen LogP contribution in [0.5, 0.6) is 0 Å². The van der Waals surface area contributed by atoms with E-state index in [0.29, 0.717) is 9.47 Å². The van der Waals surface area contributed by atoms with Crippen molar-refractivity contribution in [2.75, 3.05) is 16.4 Å². The van der Waals surface area contributed by atoms with Gasteiger partial charge in [0.2, 0.25) is 16.9 Å². The predicted molar refractivity (Wildman–Crippen MR) is 119 cm³/mol. The molecule has 0 saturated carbocycles. The Balaban J connectivity index is 1.48. The third kappa shape index (κ3) is 6.27. The van der Waals surface area contributed by atoms with E-state index in [2.05, 4.69) is 20.8 Å². The van der Waals surface area contributed by atoms with Crippen LogP contribution in [0.4, 0.5) is 10.8 Å². The molecule has 148 valence electrons. The minimum Gasteiger partial charge on any atom is -0.325 e. The first kappa shape index (κ1) is 20.8. The van der Waals surface area contributed by atoms with Crippen LogP contribution in [0.25, 0.3) is 6.08 Å². The molecule has 0 aliphatic heterocycles. The highest BCUT2D eigenvalue weighted by atomic mass is 32.2. The van der Waals surface area contributed by atoms with Crippen LogP contribution in [0, 0.1) is 13.8 Å². The zero-order valence-corrected chi connectivity index (χ0v) is 17.6. The molecule has 0 bridgehead atoms. The average Bonchev–Trinajstić information content (AvgIpc) is 3.16. The van der Waals surface area contributed by atoms with Crippen LogP contribution in [0.2, 0.25) is 0 Å². The number of carbonyl (C=O) groups excluding carboxylic acids is 2. The summed E-state index contributed by atoms with van der Waals surface area (Å²) in [5.41, 5.74) is 3.92. The number of nitrogens with one attached hydrogen (secondary N) is 2. The van der Waals surface area contributed by atoms with Crippen LogP contribution >= 0.6 is 23.1 Å². The van der Waals surface area contributed by atoms with Gasteiger partial charge in [-0.3, -0.25) is 14.9 Å². The molecule has 2 N–H and O–H groups in total. The standard InChI is InChI=1S/C21H20N4O2S2/c1-14-7-6-10-17(15(14)2)22-19(27)13-28-21-25-24-20(29-21)23-18(26)12-11-16-8-4-3-5-9-16/h3-12H,13H2,1-2H3,(H,22,27)(H,23,24,26)/b12-11+. The number of hydrogen-bond donors (Lipinski definition) is 2. The van der Waals surface area contributed by atoms with Crippen molar-refractivity contribution in [1.82, 2.24) is 10.2 Å². The molecule has 1 heterocycles. The molecule has 29 heavy (non-hydrogen) atoms. The van der Waals surface area contributed by atoms with Gasteiger partial charge in [-0.2, -0.15) is 0 Å². The van der Waals surface area contributed by atoms with Crippen molar-refractivity contribution in [2.45, 2.75) is 18.2 Å². The zero-order valence-electron chi connectivity index (χ0n) is 16.0. The molecule has 0 aliphatic rings. The van der Waals surface area contributed by atoms with Crippen molar-refractivity contribution in [3.05, 3.63) is 71.3 Å². The van der Waals surface area contributed by atoms with Crippen LogP contribution in [0.15, 0.2) is 58.9 Å². The van der Waals surface area contributed by atoms with E-state index in [9.17, 15) is 9.59 Å². The lowest BCUT2D eigenvalue weighted by Gasteiger charge is -2.09. The van der Waals surface area contributed by atoms with Gasteiger partial charge >= 0.3 is 0 Å². The smallest absolute Gasteiger partial charge is 0.250 e. The van der Waals surface area contributed by atoms with Crippen molar-refractivity contribution >= 4 is 51.8 Å². The second-order valence-electron chi connectivity index (χ2n) is 6.19. The highest BCUT2D eigenvalue weighted by Gasteiger charge is 2.11. The predicted octanol–water partition coefficient (Wildman–Crippen LogP) is 4.54. The average molecular weight is 425 g/mol. The van der Waals surface area contributed by atoms with E-state index in [1.165, 1.54) is 29.2 Å². The molecule has 1 aromatic heterocycles. The summed E-state index contributed by atoms with van der Waals surface area (Å²) in [6.07, 6.45) is 3.17. The number of hydrogen-bond acceptors (Lipinski definition) is 6. The Morgan fingerprint density at radius 2 is 1.83 bits per heavy atom. The number of benzene rings is 2. The molecular formula is C21H20N4O2S2. The number of thioether (sulfide) groups is 1. The van der Waals surface area contributed by atoms with Crippen molar-refractivity contribution in [3.8, 4) is 0 Å². The second-order valence-corrected chi connectivity index (χ2v) is 8.39. The maximum absolute atomic E-state index is 12.2. The second kappa shape index (κ2) is 9.99. The van der Waals surface area contributed by atoms with E-state index in [4.69, 9.17) is 0 Å². The lowest BCUT2D eigenvalue weighted by Crippen LogP contribution is -2.15. The van der Waals surface area contributed by atoms with E-state index in [1.54, 1.807) is 6.08 Å². The van der Waals surface area contributed by atoms with E-state index < -0.39 is 0 Å². The molecule has 0 radical (unpaired) electrons. The van der Waals surface area contributed by atoms with Gasteiger partial charge in [0.25, 0.3) is 0 Å². The summed E-state index contributed by atoms with van der Waals surface area (Å²) >= 11 is 2.51. The molecule has 2 aromatic carbocycles. The third-order valence-electron chi connectivity index (χ3n) is 4.07. The van der Waals surface area contributed by atoms with Gasteiger partial charge in [0.1, 0.15) is 0 Å². The fourth-order valence-electron chi connectivity index (χ4n) is 2.40. The lowest BCUT2D eigenvalue weighted by molar-refractivity contribution is -0.114. The Kier molecular flexibility index (Phi) is 7.15. The van der Waals surface area contributed by atoms with Crippen LogP contribution in [0.1, 0.15) is 16.7 Å². The van der Waals surface area contributed by atoms with Crippen LogP contribution in [0.3, 0.4) is 0 Å². The normalized spacial score (nSPS) is 10.8. The number of aromatic nitrogens is 2. The number of amides is 2. The maximum Gasteiger partial charge on any atom is 0.250 e. The quantitative estimate of drug-likeness (QED) is 0.331. The highest BCUT2D eigenvalue weighted by molar-refractivity contribution is 8.01. The Labute approximate surface area is 177 Å². The molecule has 0 saturated heterocycles. The van der Waals surface area contributed by atoms with Gasteiger partial charge in [0.15, 0.2) is 4.34 Å². The molecule has 0 aliphatic carbocycles. The first-order valence-electron chi connectivity index (χ1n) is 8.88. The Bertz CT molecular complexity index is 1030. The summed E-state index contributed by atoms with van der Waals surface area (Å²) < 4.78 is 0.614. The molecule has 8 heteroatoms. The Morgan fingerprint density at radius 3 is 2.62 bits per heavy atom. The summed E-state index contributed by atoms with van der Waals surface area (Å²) in [6.45, 7) is 3.98. The van der Waals surface area contributed by atoms with Crippen molar-refractivity contribution in [2.24, 2.45) is 0 Å². The Hall–Kier alpha value is -2.97. The fraction of sp³-hybridized carbons (Fsp3) is 0.143. The Morgan fingerprint density at radius 1 is 1.03 bits per heavy atom. The largest absolute Gasteiger partial charge is 0.325 e. The summed E-state index contributed by atoms with van der Waals surface area (Å²) in [4.78, 5) is 24.2. The van der Waals surface area contributed by atoms with Gasteiger partial charge in [-0.25, -0.2) is 0 Å². The van der Waals surface area contributed by atoms with E-state index in [0.717, 1.165) is 22.4 Å². The van der Waals surface area contributed by atoms with E-state index in [-0.39, 0.29) is 17.6 Å². The van der Waals surface area contributed by atoms with Gasteiger partial charge in [-0.15, -0.1) is 10.2 Å². The summed E-state index contributed by atoms with van der Waals surface area (Å²) in [5, 5.41) is 13.9. The van der Waals surface area contributed by atoms with Crippen LogP contribution in [-0.4, -0.2) is 27.8 Å². The fourth-order valence-corrected chi connectivity index (χ4v) is 3.96. The molecule has 2 amide bonds. The van der Waals surface area contributed by atoms with Gasteiger partial charge in [-0.05, 0) is 42.7 Å². The molecule has 3 aromatic rings. The zero-order chi connectivity index (χ0) is 20.6. The van der Waals surface area contributed by atoms with Gasteiger partial charge < -0.3 is 5.32 Å². The lowest BCUT2D eigenvalue weighted by atomic mass is 10.1. The van der Waals surface area contributed by atoms with Crippen molar-refractivity contribution in [1.29, 1.82) is 0 Å². The topological polar surface area (TPSA) is 84.0 Å². The van der Waals surface area contributed by atoms with E-state index >= 15 is 0 Å². The molecule has 0 fully saturated rings. The number of aryl methyl sites for hydroxylation is 1. The maximum atomic E-state index is 12.2. The molecule has 0 spiro atoms. The summed E-state index contributed by atoms with van der Waals surface area (Å²) in [7, 11) is 0. The minimum atomic E-state index is -0.283. The molecule has 0 atom stereocenters. The first-order chi connectivity index (χ1) is 14.0. The van der Waals surface area contributed by atoms with Gasteiger partial charge in [0, 0.05) is 11.8 Å². The molecule has 3 rings (SSSR count). The summed E-state index contributed by atoms with van der Waals surface area (Å²) in [5.74, 6) is -0.186. The third-order valence-corrected chi connectivity index (χ3v) is 6.04. The minimum absolute atomic E-state index is 0.115. The van der Waals surface area contributed by atoms with Crippen LogP contribution in [-0.2, 0) is 9.59 Å². The number of carbonyl (C=O) groups is 2. The van der Waals surface area contributed by atoms with Crippen molar-refractivity contribution in [3.63, 3.8) is 0 Å². The number of rotatable bonds is 7. The molecule has 6 nitrogen and oxygen atoms in total. The summed E-state index contributed by atoms with van der Waals surface area (Å²) in [6, 6.07) is 15.3.